The fraction of sp³-hybridized carbons (Fsp3) is 0.562. The first-order valence-electron chi connectivity index (χ1n) is 7.31. The Morgan fingerprint density at radius 2 is 1.80 bits per heavy atom. The van der Waals surface area contributed by atoms with Crippen LogP contribution in [-0.2, 0) is 10.2 Å². The zero-order chi connectivity index (χ0) is 14.0. The topological polar surface area (TPSA) is 40.5 Å². The number of likely N-dealkylation sites (tertiary alicyclic amines) is 1. The molecule has 1 heterocycles. The first kappa shape index (κ1) is 12.3. The summed E-state index contributed by atoms with van der Waals surface area (Å²) >= 11 is 0. The number of β-amino-alcohol motifs (C(OH)–C–C–N with tert-alkyl or cyclic N) is 1. The van der Waals surface area contributed by atoms with E-state index in [1.807, 2.05) is 0 Å². The molecule has 20 heavy (non-hydrogen) atoms. The van der Waals surface area contributed by atoms with Crippen molar-refractivity contribution < 1.29 is 14.3 Å². The molecular weight excluding hydrogens is 257 g/mol. The standard InChI is InChI=1S/C16H18FNO2/c17-13-5-3-11(4-6-13)15(7-8-15)14(19)18-9-16(20,10-18)12-1-2-12/h3-6,12,20H,1-2,7-10H2. The highest BCUT2D eigenvalue weighted by molar-refractivity contribution is 5.92. The molecular formula is C16H18FNO2. The van der Waals surface area contributed by atoms with Gasteiger partial charge in [-0.2, -0.15) is 0 Å². The molecule has 1 N–H and O–H groups in total. The molecule has 4 rings (SSSR count). The van der Waals surface area contributed by atoms with Crippen LogP contribution in [0.5, 0.6) is 0 Å². The smallest absolute Gasteiger partial charge is 0.233 e. The van der Waals surface area contributed by atoms with E-state index in [-0.39, 0.29) is 11.7 Å². The molecule has 3 fully saturated rings. The fourth-order valence-corrected chi connectivity index (χ4v) is 3.46. The van der Waals surface area contributed by atoms with E-state index in [9.17, 15) is 14.3 Å². The lowest BCUT2D eigenvalue weighted by Gasteiger charge is -2.48. The van der Waals surface area contributed by atoms with Crippen molar-refractivity contribution in [1.82, 2.24) is 4.90 Å². The van der Waals surface area contributed by atoms with Gasteiger partial charge in [0.2, 0.25) is 5.91 Å². The summed E-state index contributed by atoms with van der Waals surface area (Å²) in [6.45, 7) is 0.943. The highest BCUT2D eigenvalue weighted by atomic mass is 19.1. The molecule has 3 nitrogen and oxygen atoms in total. The van der Waals surface area contributed by atoms with Crippen molar-refractivity contribution in [2.24, 2.45) is 5.92 Å². The third-order valence-electron chi connectivity index (χ3n) is 5.11. The summed E-state index contributed by atoms with van der Waals surface area (Å²) in [5, 5.41) is 10.3. The number of amides is 1. The van der Waals surface area contributed by atoms with Crippen LogP contribution in [0.1, 0.15) is 31.2 Å². The third kappa shape index (κ3) is 1.71. The minimum absolute atomic E-state index is 0.106. The summed E-state index contributed by atoms with van der Waals surface area (Å²) in [6.07, 6.45) is 3.83. The molecule has 1 amide bonds. The quantitative estimate of drug-likeness (QED) is 0.914. The predicted octanol–water partition coefficient (Wildman–Crippen LogP) is 1.84. The van der Waals surface area contributed by atoms with Crippen LogP contribution in [0.3, 0.4) is 0 Å². The largest absolute Gasteiger partial charge is 0.386 e. The minimum Gasteiger partial charge on any atom is -0.386 e. The molecule has 1 aromatic carbocycles. The zero-order valence-electron chi connectivity index (χ0n) is 11.3. The first-order valence-corrected chi connectivity index (χ1v) is 7.31. The van der Waals surface area contributed by atoms with E-state index < -0.39 is 11.0 Å². The second-order valence-corrected chi connectivity index (χ2v) is 6.63. The van der Waals surface area contributed by atoms with Gasteiger partial charge in [-0.05, 0) is 49.3 Å². The van der Waals surface area contributed by atoms with Gasteiger partial charge in [-0.1, -0.05) is 12.1 Å². The number of halogens is 1. The molecule has 2 saturated carbocycles. The zero-order valence-corrected chi connectivity index (χ0v) is 11.3. The normalized spacial score (nSPS) is 26.0. The van der Waals surface area contributed by atoms with Crippen LogP contribution in [0.25, 0.3) is 0 Å². The number of hydrogen-bond donors (Lipinski definition) is 1. The van der Waals surface area contributed by atoms with Gasteiger partial charge in [0.15, 0.2) is 0 Å². The Hall–Kier alpha value is -1.42. The van der Waals surface area contributed by atoms with Gasteiger partial charge in [0.1, 0.15) is 11.4 Å². The average Bonchev–Trinajstić information content (AvgIpc) is 3.27. The highest BCUT2D eigenvalue weighted by Crippen LogP contribution is 2.52. The van der Waals surface area contributed by atoms with E-state index in [2.05, 4.69) is 0 Å². The van der Waals surface area contributed by atoms with Crippen LogP contribution < -0.4 is 0 Å². The molecule has 0 unspecified atom stereocenters. The van der Waals surface area contributed by atoms with Crippen LogP contribution in [0.15, 0.2) is 24.3 Å². The average molecular weight is 275 g/mol. The molecule has 4 heteroatoms. The van der Waals surface area contributed by atoms with Crippen molar-refractivity contribution in [2.45, 2.75) is 36.7 Å². The number of aliphatic hydroxyl groups is 1. The maximum Gasteiger partial charge on any atom is 0.233 e. The molecule has 0 radical (unpaired) electrons. The predicted molar refractivity (Wildman–Crippen MR) is 71.6 cm³/mol. The molecule has 0 aromatic heterocycles. The summed E-state index contributed by atoms with van der Waals surface area (Å²) in [7, 11) is 0. The van der Waals surface area contributed by atoms with Crippen molar-refractivity contribution in [3.63, 3.8) is 0 Å². The molecule has 1 saturated heterocycles. The molecule has 1 aromatic rings. The number of hydrogen-bond acceptors (Lipinski definition) is 2. The van der Waals surface area contributed by atoms with Gasteiger partial charge in [0, 0.05) is 0 Å². The van der Waals surface area contributed by atoms with E-state index in [4.69, 9.17) is 0 Å². The van der Waals surface area contributed by atoms with Gasteiger partial charge in [-0.25, -0.2) is 4.39 Å². The number of carbonyl (C=O) groups is 1. The maximum absolute atomic E-state index is 13.0. The van der Waals surface area contributed by atoms with Gasteiger partial charge in [-0.15, -0.1) is 0 Å². The lowest BCUT2D eigenvalue weighted by molar-refractivity contribution is -0.161. The summed E-state index contributed by atoms with van der Waals surface area (Å²) in [4.78, 5) is 14.4. The molecule has 3 aliphatic rings. The SMILES string of the molecule is O=C(N1CC(O)(C2CC2)C1)C1(c2ccc(F)cc2)CC1. The van der Waals surface area contributed by atoms with E-state index in [0.717, 1.165) is 31.2 Å². The van der Waals surface area contributed by atoms with Crippen molar-refractivity contribution in [2.75, 3.05) is 13.1 Å². The Morgan fingerprint density at radius 1 is 1.20 bits per heavy atom. The van der Waals surface area contributed by atoms with Crippen LogP contribution in [-0.4, -0.2) is 34.6 Å². The molecule has 1 aliphatic heterocycles. The minimum atomic E-state index is -0.630. The Labute approximate surface area is 117 Å². The fourth-order valence-electron chi connectivity index (χ4n) is 3.46. The summed E-state index contributed by atoms with van der Waals surface area (Å²) in [6, 6.07) is 6.26. The number of nitrogens with zero attached hydrogens (tertiary/aromatic N) is 1. The van der Waals surface area contributed by atoms with E-state index >= 15 is 0 Å². The lowest BCUT2D eigenvalue weighted by Crippen LogP contribution is -2.66. The number of benzene rings is 1. The van der Waals surface area contributed by atoms with Crippen molar-refractivity contribution in [3.05, 3.63) is 35.6 Å². The Kier molecular flexibility index (Phi) is 2.35. The number of carbonyl (C=O) groups excluding carboxylic acids is 1. The van der Waals surface area contributed by atoms with Crippen LogP contribution in [0.4, 0.5) is 4.39 Å². The van der Waals surface area contributed by atoms with Gasteiger partial charge < -0.3 is 10.0 Å². The third-order valence-corrected chi connectivity index (χ3v) is 5.11. The second-order valence-electron chi connectivity index (χ2n) is 6.63. The van der Waals surface area contributed by atoms with Crippen molar-refractivity contribution >= 4 is 5.91 Å². The Balaban J connectivity index is 1.50. The molecule has 2 aliphatic carbocycles. The van der Waals surface area contributed by atoms with Crippen LogP contribution >= 0.6 is 0 Å². The number of rotatable bonds is 3. The summed E-state index contributed by atoms with van der Waals surface area (Å²) in [5.74, 6) is 0.228. The van der Waals surface area contributed by atoms with Gasteiger partial charge in [0.25, 0.3) is 0 Å². The van der Waals surface area contributed by atoms with Crippen molar-refractivity contribution in [3.8, 4) is 0 Å². The van der Waals surface area contributed by atoms with E-state index in [0.29, 0.717) is 19.0 Å². The second kappa shape index (κ2) is 3.82. The Bertz CT molecular complexity index is 554. The van der Waals surface area contributed by atoms with Crippen LogP contribution in [0, 0.1) is 11.7 Å². The van der Waals surface area contributed by atoms with Gasteiger partial charge in [0.05, 0.1) is 18.5 Å². The molecule has 0 bridgehead atoms. The summed E-state index contributed by atoms with van der Waals surface area (Å²) in [5.41, 5.74) is -0.168. The summed E-state index contributed by atoms with van der Waals surface area (Å²) < 4.78 is 13.0. The Morgan fingerprint density at radius 3 is 2.30 bits per heavy atom. The maximum atomic E-state index is 13.0. The van der Waals surface area contributed by atoms with Crippen LogP contribution in [0.2, 0.25) is 0 Å². The van der Waals surface area contributed by atoms with E-state index in [1.165, 1.54) is 12.1 Å². The highest BCUT2D eigenvalue weighted by Gasteiger charge is 2.59. The van der Waals surface area contributed by atoms with Crippen molar-refractivity contribution in [1.29, 1.82) is 0 Å². The molecule has 106 valence electrons. The monoisotopic (exact) mass is 275 g/mol. The van der Waals surface area contributed by atoms with E-state index in [1.54, 1.807) is 17.0 Å². The van der Waals surface area contributed by atoms with Gasteiger partial charge >= 0.3 is 0 Å². The lowest BCUT2D eigenvalue weighted by atomic mass is 9.85. The molecule has 0 spiro atoms. The first-order chi connectivity index (χ1) is 9.53. The van der Waals surface area contributed by atoms with Gasteiger partial charge in [-0.3, -0.25) is 4.79 Å². The molecule has 0 atom stereocenters.